The summed E-state index contributed by atoms with van der Waals surface area (Å²) in [5.74, 6) is 4.83. The highest BCUT2D eigenvalue weighted by Gasteiger charge is 2.37. The van der Waals surface area contributed by atoms with E-state index < -0.39 is 5.60 Å². The summed E-state index contributed by atoms with van der Waals surface area (Å²) in [7, 11) is 0. The van der Waals surface area contributed by atoms with Crippen molar-refractivity contribution in [3.05, 3.63) is 101 Å². The molecule has 0 bridgehead atoms. The number of carbonyl (C=O) groups is 3. The number of ketones is 1. The molecule has 0 aromatic heterocycles. The first-order valence-corrected chi connectivity index (χ1v) is 20.7. The van der Waals surface area contributed by atoms with E-state index in [1.807, 2.05) is 81.4 Å². The van der Waals surface area contributed by atoms with Crippen molar-refractivity contribution < 1.29 is 23.9 Å². The topological polar surface area (TPSA) is 84.9 Å². The van der Waals surface area contributed by atoms with Gasteiger partial charge in [0.25, 0.3) is 5.91 Å². The predicted molar refractivity (Wildman–Crippen MR) is 220 cm³/mol. The molecule has 1 amide bonds. The van der Waals surface area contributed by atoms with Crippen LogP contribution in [0, 0.1) is 24.2 Å². The molecule has 7 nitrogen and oxygen atoms in total. The Labute approximate surface area is 330 Å². The maximum atomic E-state index is 13.0. The van der Waals surface area contributed by atoms with Gasteiger partial charge in [0.05, 0.1) is 6.61 Å². The summed E-state index contributed by atoms with van der Waals surface area (Å²) in [6, 6.07) is 22.6. The molecule has 2 aliphatic rings. The van der Waals surface area contributed by atoms with Gasteiger partial charge in [-0.3, -0.25) is 14.4 Å². The van der Waals surface area contributed by atoms with Gasteiger partial charge in [-0.2, -0.15) is 0 Å². The molecule has 5 rings (SSSR count). The molecule has 0 radical (unpaired) electrons. The monoisotopic (exact) mass is 746 g/mol. The second kappa shape index (κ2) is 21.0. The van der Waals surface area contributed by atoms with Crippen LogP contribution >= 0.6 is 0 Å². The van der Waals surface area contributed by atoms with E-state index in [1.165, 1.54) is 50.6 Å². The Hall–Kier alpha value is -4.41. The molecule has 3 atom stereocenters. The molecule has 3 aromatic rings. The number of carbonyl (C=O) groups excluding carboxylic acids is 3. The van der Waals surface area contributed by atoms with Crippen molar-refractivity contribution >= 4 is 17.7 Å². The zero-order valence-electron chi connectivity index (χ0n) is 33.5. The number of likely N-dealkylation sites (tertiary alicyclic amines) is 1. The van der Waals surface area contributed by atoms with Crippen molar-refractivity contribution in [2.45, 2.75) is 122 Å². The van der Waals surface area contributed by atoms with E-state index in [1.54, 1.807) is 12.1 Å². The Morgan fingerprint density at radius 2 is 1.45 bits per heavy atom. The number of hydrogen-bond donors (Lipinski definition) is 1. The molecular weight excluding hydrogens is 685 g/mol. The summed E-state index contributed by atoms with van der Waals surface area (Å²) in [4.78, 5) is 40.8. The van der Waals surface area contributed by atoms with E-state index in [0.29, 0.717) is 54.0 Å². The quantitative estimate of drug-likeness (QED) is 0.0569. The maximum absolute atomic E-state index is 13.0. The number of unbranched alkanes of at least 4 members (excludes halogenated alkanes) is 5. The molecule has 1 saturated heterocycles. The average molecular weight is 747 g/mol. The van der Waals surface area contributed by atoms with E-state index in [4.69, 9.17) is 15.9 Å². The van der Waals surface area contributed by atoms with Crippen molar-refractivity contribution in [1.82, 2.24) is 10.2 Å². The summed E-state index contributed by atoms with van der Waals surface area (Å²) >= 11 is 0. The van der Waals surface area contributed by atoms with E-state index in [0.717, 1.165) is 62.9 Å². The van der Waals surface area contributed by atoms with E-state index in [2.05, 4.69) is 16.1 Å². The van der Waals surface area contributed by atoms with Crippen LogP contribution in [0.5, 0.6) is 5.75 Å². The lowest BCUT2D eigenvalue weighted by atomic mass is 9.93. The van der Waals surface area contributed by atoms with Crippen molar-refractivity contribution in [3.8, 4) is 18.1 Å². The summed E-state index contributed by atoms with van der Waals surface area (Å²) in [6.45, 7) is 10.3. The van der Waals surface area contributed by atoms with Crippen LogP contribution in [0.1, 0.15) is 148 Å². The minimum absolute atomic E-state index is 0.0143. The van der Waals surface area contributed by atoms with Crippen molar-refractivity contribution in [2.24, 2.45) is 11.8 Å². The molecular formula is C48H62N2O5. The number of rotatable bonds is 19. The predicted octanol–water partition coefficient (Wildman–Crippen LogP) is 9.92. The van der Waals surface area contributed by atoms with Crippen LogP contribution < -0.4 is 10.1 Å². The number of nitrogens with one attached hydrogen (secondary N) is 1. The minimum Gasteiger partial charge on any atom is -0.494 e. The highest BCUT2D eigenvalue weighted by Crippen LogP contribution is 2.49. The molecule has 0 spiro atoms. The first-order chi connectivity index (χ1) is 26.6. The van der Waals surface area contributed by atoms with Gasteiger partial charge in [-0.15, -0.1) is 12.3 Å². The molecule has 7 heteroatoms. The number of benzene rings is 3. The highest BCUT2D eigenvalue weighted by molar-refractivity contribution is 6.09. The largest absolute Gasteiger partial charge is 0.494 e. The number of ether oxygens (including phenoxy) is 2. The van der Waals surface area contributed by atoms with Crippen LogP contribution in [0.15, 0.2) is 72.8 Å². The number of esters is 1. The first-order valence-electron chi connectivity index (χ1n) is 20.7. The molecule has 1 saturated carbocycles. The number of hydrogen-bond acceptors (Lipinski definition) is 6. The van der Waals surface area contributed by atoms with Crippen LogP contribution in [0.2, 0.25) is 0 Å². The lowest BCUT2D eigenvalue weighted by molar-refractivity contribution is -0.156. The number of amides is 1. The fourth-order valence-corrected chi connectivity index (χ4v) is 7.61. The molecule has 3 unspecified atom stereocenters. The fourth-order valence-electron chi connectivity index (χ4n) is 7.61. The second-order valence-electron chi connectivity index (χ2n) is 16.6. The molecule has 3 aromatic carbocycles. The molecule has 55 heavy (non-hydrogen) atoms. The number of terminal acetylenes is 1. The zero-order chi connectivity index (χ0) is 39.0. The van der Waals surface area contributed by atoms with Crippen LogP contribution in [0.3, 0.4) is 0 Å². The Bertz CT molecular complexity index is 1700. The fraction of sp³-hybridized carbons (Fsp3) is 0.521. The third kappa shape index (κ3) is 14.3. The molecule has 1 N–H and O–H groups in total. The van der Waals surface area contributed by atoms with Crippen molar-refractivity contribution in [3.63, 3.8) is 0 Å². The van der Waals surface area contributed by atoms with E-state index in [-0.39, 0.29) is 17.7 Å². The summed E-state index contributed by atoms with van der Waals surface area (Å²) < 4.78 is 11.5. The van der Waals surface area contributed by atoms with E-state index in [9.17, 15) is 14.4 Å². The Balaban J connectivity index is 0.902. The lowest BCUT2D eigenvalue weighted by Gasteiger charge is -2.29. The zero-order valence-corrected chi connectivity index (χ0v) is 33.5. The van der Waals surface area contributed by atoms with Crippen LogP contribution in [-0.4, -0.2) is 54.4 Å². The van der Waals surface area contributed by atoms with Crippen LogP contribution in [0.4, 0.5) is 0 Å². The highest BCUT2D eigenvalue weighted by atomic mass is 16.6. The van der Waals surface area contributed by atoms with Crippen LogP contribution in [0.25, 0.3) is 0 Å². The maximum Gasteiger partial charge on any atom is 0.306 e. The second-order valence-corrected chi connectivity index (χ2v) is 16.6. The molecule has 1 aliphatic heterocycles. The van der Waals surface area contributed by atoms with Gasteiger partial charge in [0.2, 0.25) is 0 Å². The van der Waals surface area contributed by atoms with Gasteiger partial charge in [-0.25, -0.2) is 0 Å². The summed E-state index contributed by atoms with van der Waals surface area (Å²) in [5.41, 5.74) is 3.64. The van der Waals surface area contributed by atoms with Gasteiger partial charge in [0.15, 0.2) is 5.78 Å². The number of nitrogens with zero attached hydrogens (tertiary/aromatic N) is 1. The van der Waals surface area contributed by atoms with Gasteiger partial charge in [0, 0.05) is 36.1 Å². The van der Waals surface area contributed by atoms with Gasteiger partial charge < -0.3 is 19.7 Å². The van der Waals surface area contributed by atoms with Gasteiger partial charge >= 0.3 is 5.97 Å². The van der Waals surface area contributed by atoms with Gasteiger partial charge in [-0.05, 0) is 132 Å². The summed E-state index contributed by atoms with van der Waals surface area (Å²) in [6.07, 6.45) is 19.7. The standard InChI is InChI=1S/C48H62N2O5/c1-5-14-42-34-44(42)38-20-22-40(23-21-38)46(52)39-18-16-37(17-19-39)35-49-47(53)41-24-26-43(27-25-41)54-32-13-9-7-6-8-11-29-50-30-12-10-15-36(28-31-50)33-45(51)55-48(2,3)4/h1,16-27,36,42,44H,6-15,28-35H2,2-4H3,(H,49,53). The van der Waals surface area contributed by atoms with E-state index >= 15 is 0 Å². The normalized spacial score (nSPS) is 18.7. The van der Waals surface area contributed by atoms with Gasteiger partial charge in [-0.1, -0.05) is 80.6 Å². The molecule has 2 fully saturated rings. The SMILES string of the molecule is C#CCC1CC1c1ccc(C(=O)c2ccc(CNC(=O)c3ccc(OCCCCCCCCN4CCCCC(CC(=O)OC(C)(C)C)CC4)cc3)cc2)cc1. The third-order valence-electron chi connectivity index (χ3n) is 10.9. The average Bonchev–Trinajstić information content (AvgIpc) is 3.94. The van der Waals surface area contributed by atoms with Crippen molar-refractivity contribution in [1.29, 1.82) is 0 Å². The Kier molecular flexibility index (Phi) is 16.0. The molecule has 1 aliphatic carbocycles. The smallest absolute Gasteiger partial charge is 0.306 e. The Morgan fingerprint density at radius 3 is 2.15 bits per heavy atom. The van der Waals surface area contributed by atoms with Gasteiger partial charge in [0.1, 0.15) is 11.4 Å². The molecule has 1 heterocycles. The first kappa shape index (κ1) is 41.7. The van der Waals surface area contributed by atoms with Crippen molar-refractivity contribution in [2.75, 3.05) is 26.2 Å². The van der Waals surface area contributed by atoms with Crippen LogP contribution in [-0.2, 0) is 16.1 Å². The Morgan fingerprint density at radius 1 is 0.800 bits per heavy atom. The summed E-state index contributed by atoms with van der Waals surface area (Å²) in [5, 5.41) is 2.97. The molecule has 294 valence electrons. The lowest BCUT2D eigenvalue weighted by Crippen LogP contribution is -2.31. The minimum atomic E-state index is -0.409. The third-order valence-corrected chi connectivity index (χ3v) is 10.9.